The Labute approximate surface area is 131 Å². The lowest BCUT2D eigenvalue weighted by Crippen LogP contribution is -2.38. The lowest BCUT2D eigenvalue weighted by Gasteiger charge is -2.31. The van der Waals surface area contributed by atoms with Gasteiger partial charge in [0.05, 0.1) is 24.9 Å². The first-order valence-electron chi connectivity index (χ1n) is 8.06. The van der Waals surface area contributed by atoms with Crippen molar-refractivity contribution in [3.05, 3.63) is 29.8 Å². The molecule has 0 amide bonds. The van der Waals surface area contributed by atoms with Crippen molar-refractivity contribution >= 4 is 11.8 Å². The summed E-state index contributed by atoms with van der Waals surface area (Å²) in [6, 6.07) is 8.86. The Hall–Kier alpha value is -0.710. The molecule has 4 heteroatoms. The minimum atomic E-state index is 0.269. The summed E-state index contributed by atoms with van der Waals surface area (Å²) in [6.45, 7) is 4.09. The molecule has 0 aromatic heterocycles. The van der Waals surface area contributed by atoms with E-state index in [-0.39, 0.29) is 12.1 Å². The molecule has 2 atom stereocenters. The Bertz CT molecular complexity index is 427. The molecular weight excluding hydrogens is 282 g/mol. The highest BCUT2D eigenvalue weighted by atomic mass is 32.2. The van der Waals surface area contributed by atoms with Crippen LogP contribution in [0.25, 0.3) is 0 Å². The summed E-state index contributed by atoms with van der Waals surface area (Å²) < 4.78 is 11.8. The molecule has 2 unspecified atom stereocenters. The molecule has 3 nitrogen and oxygen atoms in total. The minimum Gasteiger partial charge on any atom is -0.490 e. The number of benzene rings is 1. The van der Waals surface area contributed by atoms with Crippen molar-refractivity contribution in [2.24, 2.45) is 0 Å². The van der Waals surface area contributed by atoms with Gasteiger partial charge >= 0.3 is 0 Å². The molecule has 1 aromatic rings. The largest absolute Gasteiger partial charge is 0.490 e. The monoisotopic (exact) mass is 307 g/mol. The van der Waals surface area contributed by atoms with Crippen molar-refractivity contribution in [2.75, 3.05) is 24.7 Å². The molecule has 0 bridgehead atoms. The van der Waals surface area contributed by atoms with Gasteiger partial charge in [-0.1, -0.05) is 19.1 Å². The predicted molar refractivity (Wildman–Crippen MR) is 88.2 cm³/mol. The molecular formula is C17H25NO2S. The van der Waals surface area contributed by atoms with Gasteiger partial charge < -0.3 is 14.8 Å². The molecule has 1 aliphatic carbocycles. The number of ether oxygens (including phenoxy) is 2. The van der Waals surface area contributed by atoms with Crippen LogP contribution in [0.15, 0.2) is 24.3 Å². The standard InChI is InChI=1S/C17H25NO2S/c1-2-9-18-17(16-12-21-11-10-19-16)13-3-5-14(6-4-13)20-15-7-8-15/h3-6,15-18H,2,7-12H2,1H3. The van der Waals surface area contributed by atoms with Crippen molar-refractivity contribution < 1.29 is 9.47 Å². The van der Waals surface area contributed by atoms with E-state index in [1.54, 1.807) is 0 Å². The Balaban J connectivity index is 1.67. The molecule has 0 spiro atoms. The van der Waals surface area contributed by atoms with Gasteiger partial charge in [-0.2, -0.15) is 11.8 Å². The fraction of sp³-hybridized carbons (Fsp3) is 0.647. The van der Waals surface area contributed by atoms with Gasteiger partial charge in [-0.05, 0) is 43.5 Å². The highest BCUT2D eigenvalue weighted by Gasteiger charge is 2.26. The van der Waals surface area contributed by atoms with Gasteiger partial charge in [0, 0.05) is 11.5 Å². The van der Waals surface area contributed by atoms with Crippen molar-refractivity contribution in [3.8, 4) is 5.75 Å². The third-order valence-corrected chi connectivity index (χ3v) is 4.91. The Morgan fingerprint density at radius 2 is 2.14 bits per heavy atom. The van der Waals surface area contributed by atoms with Gasteiger partial charge in [0.2, 0.25) is 0 Å². The van der Waals surface area contributed by atoms with E-state index in [0.717, 1.165) is 36.8 Å². The van der Waals surface area contributed by atoms with Gasteiger partial charge in [-0.3, -0.25) is 0 Å². The van der Waals surface area contributed by atoms with Crippen LogP contribution in [0.3, 0.4) is 0 Å². The van der Waals surface area contributed by atoms with Crippen LogP contribution in [0.5, 0.6) is 5.75 Å². The smallest absolute Gasteiger partial charge is 0.119 e. The molecule has 1 N–H and O–H groups in total. The molecule has 116 valence electrons. The van der Waals surface area contributed by atoms with E-state index in [0.29, 0.717) is 6.10 Å². The van der Waals surface area contributed by atoms with Crippen molar-refractivity contribution in [1.82, 2.24) is 5.32 Å². The van der Waals surface area contributed by atoms with Gasteiger partial charge in [0.25, 0.3) is 0 Å². The fourth-order valence-corrected chi connectivity index (χ4v) is 3.50. The average molecular weight is 307 g/mol. The second kappa shape index (κ2) is 7.52. The Morgan fingerprint density at radius 1 is 1.33 bits per heavy atom. The summed E-state index contributed by atoms with van der Waals surface area (Å²) in [5.74, 6) is 3.18. The van der Waals surface area contributed by atoms with E-state index in [4.69, 9.17) is 9.47 Å². The second-order valence-corrected chi connectivity index (χ2v) is 6.95. The highest BCUT2D eigenvalue weighted by molar-refractivity contribution is 7.99. The minimum absolute atomic E-state index is 0.269. The molecule has 1 aromatic carbocycles. The van der Waals surface area contributed by atoms with Gasteiger partial charge in [0.15, 0.2) is 0 Å². The Kier molecular flexibility index (Phi) is 5.44. The number of thioether (sulfide) groups is 1. The summed E-state index contributed by atoms with van der Waals surface area (Å²) in [5.41, 5.74) is 1.30. The lowest BCUT2D eigenvalue weighted by molar-refractivity contribution is 0.0468. The molecule has 2 aliphatic rings. The molecule has 1 aliphatic heterocycles. The number of hydrogen-bond acceptors (Lipinski definition) is 4. The van der Waals surface area contributed by atoms with E-state index in [2.05, 4.69) is 36.5 Å². The van der Waals surface area contributed by atoms with Crippen molar-refractivity contribution in [1.29, 1.82) is 0 Å². The maximum Gasteiger partial charge on any atom is 0.119 e. The molecule has 1 saturated carbocycles. The van der Waals surface area contributed by atoms with Crippen LogP contribution < -0.4 is 10.1 Å². The van der Waals surface area contributed by atoms with Crippen LogP contribution in [0.4, 0.5) is 0 Å². The zero-order valence-electron chi connectivity index (χ0n) is 12.7. The van der Waals surface area contributed by atoms with E-state index in [1.807, 2.05) is 11.8 Å². The Morgan fingerprint density at radius 3 is 2.76 bits per heavy atom. The third kappa shape index (κ3) is 4.38. The summed E-state index contributed by atoms with van der Waals surface area (Å²) in [4.78, 5) is 0. The van der Waals surface area contributed by atoms with Crippen LogP contribution in [0.2, 0.25) is 0 Å². The molecule has 1 saturated heterocycles. The van der Waals surface area contributed by atoms with Crippen molar-refractivity contribution in [3.63, 3.8) is 0 Å². The average Bonchev–Trinajstić information content (AvgIpc) is 3.34. The molecule has 21 heavy (non-hydrogen) atoms. The summed E-state index contributed by atoms with van der Waals surface area (Å²) in [6.07, 6.45) is 4.28. The van der Waals surface area contributed by atoms with Crippen LogP contribution in [-0.2, 0) is 4.74 Å². The lowest BCUT2D eigenvalue weighted by atomic mass is 10.0. The fourth-order valence-electron chi connectivity index (χ4n) is 2.59. The van der Waals surface area contributed by atoms with E-state index < -0.39 is 0 Å². The topological polar surface area (TPSA) is 30.5 Å². The normalized spacial score (nSPS) is 23.8. The number of nitrogens with one attached hydrogen (secondary N) is 1. The maximum atomic E-state index is 5.98. The van der Waals surface area contributed by atoms with Gasteiger partial charge in [-0.15, -0.1) is 0 Å². The van der Waals surface area contributed by atoms with E-state index >= 15 is 0 Å². The zero-order chi connectivity index (χ0) is 14.5. The number of hydrogen-bond donors (Lipinski definition) is 1. The quantitative estimate of drug-likeness (QED) is 0.836. The second-order valence-electron chi connectivity index (χ2n) is 5.80. The maximum absolute atomic E-state index is 5.98. The van der Waals surface area contributed by atoms with E-state index in [9.17, 15) is 0 Å². The molecule has 0 radical (unpaired) electrons. The SMILES string of the molecule is CCCNC(c1ccc(OC2CC2)cc1)C1CSCCO1. The van der Waals surface area contributed by atoms with Crippen LogP contribution in [0, 0.1) is 0 Å². The summed E-state index contributed by atoms with van der Waals surface area (Å²) in [7, 11) is 0. The van der Waals surface area contributed by atoms with E-state index in [1.165, 1.54) is 18.4 Å². The first-order chi connectivity index (χ1) is 10.4. The first-order valence-corrected chi connectivity index (χ1v) is 9.21. The van der Waals surface area contributed by atoms with Gasteiger partial charge in [-0.25, -0.2) is 0 Å². The molecule has 1 heterocycles. The molecule has 2 fully saturated rings. The predicted octanol–water partition coefficient (Wildman–Crippen LogP) is 3.40. The van der Waals surface area contributed by atoms with Crippen LogP contribution in [0.1, 0.15) is 37.8 Å². The zero-order valence-corrected chi connectivity index (χ0v) is 13.5. The summed E-state index contributed by atoms with van der Waals surface area (Å²) in [5, 5.41) is 3.65. The highest BCUT2D eigenvalue weighted by Crippen LogP contribution is 2.30. The summed E-state index contributed by atoms with van der Waals surface area (Å²) >= 11 is 1.99. The third-order valence-electron chi connectivity index (χ3n) is 3.89. The van der Waals surface area contributed by atoms with Crippen LogP contribution >= 0.6 is 11.8 Å². The van der Waals surface area contributed by atoms with Crippen LogP contribution in [-0.4, -0.2) is 36.9 Å². The van der Waals surface area contributed by atoms with Crippen molar-refractivity contribution in [2.45, 2.75) is 44.4 Å². The molecule has 3 rings (SSSR count). The van der Waals surface area contributed by atoms with Gasteiger partial charge in [0.1, 0.15) is 5.75 Å². The first kappa shape index (κ1) is 15.2. The number of rotatable bonds is 7.